The molecule has 2 aliphatic rings. The van der Waals surface area contributed by atoms with Crippen molar-refractivity contribution < 1.29 is 49.4 Å². The van der Waals surface area contributed by atoms with Gasteiger partial charge in [-0.25, -0.2) is 0 Å². The van der Waals surface area contributed by atoms with Gasteiger partial charge in [0, 0.05) is 13.1 Å². The Labute approximate surface area is 239 Å². The van der Waals surface area contributed by atoms with Gasteiger partial charge in [-0.2, -0.15) is 0 Å². The van der Waals surface area contributed by atoms with Gasteiger partial charge in [0.2, 0.25) is 0 Å². The maximum atomic E-state index is 6.64. The lowest BCUT2D eigenvalue weighted by Gasteiger charge is -2.44. The molecule has 0 N–H and O–H groups in total. The molecule has 2 heterocycles. The largest absolute Gasteiger partial charge is 0.470 e. The van der Waals surface area contributed by atoms with Crippen molar-refractivity contribution in [2.75, 3.05) is 0 Å². The first-order chi connectivity index (χ1) is 16.6. The summed E-state index contributed by atoms with van der Waals surface area (Å²) < 4.78 is 75.7. The fraction of sp³-hybridized carbons (Fsp3) is 1.00. The topological polar surface area (TPSA) is 111 Å². The van der Waals surface area contributed by atoms with E-state index in [1.807, 2.05) is 91.7 Å². The molecule has 4 atom stereocenters. The molecule has 0 aromatic carbocycles. The van der Waals surface area contributed by atoms with Crippen molar-refractivity contribution in [1.82, 2.24) is 0 Å². The second-order valence-electron chi connectivity index (χ2n) is 10.8. The molecule has 37 heavy (non-hydrogen) atoms. The Kier molecular flexibility index (Phi) is 12.8. The van der Waals surface area contributed by atoms with Crippen LogP contribution in [0.1, 0.15) is 0 Å². The summed E-state index contributed by atoms with van der Waals surface area (Å²) in [6.45, 7) is 27.8. The third kappa shape index (κ3) is 12.8. The van der Waals surface area contributed by atoms with E-state index in [4.69, 9.17) is 49.4 Å². The van der Waals surface area contributed by atoms with Gasteiger partial charge in [-0.1, -0.05) is 0 Å². The van der Waals surface area contributed by atoms with Crippen LogP contribution in [0.4, 0.5) is 0 Å². The van der Waals surface area contributed by atoms with E-state index >= 15 is 0 Å². The molecular formula is C14H48O12Si11. The average molecular weight is 717 g/mol. The highest BCUT2D eigenvalue weighted by Crippen LogP contribution is 2.29. The Balaban J connectivity index is 2.08. The normalized spacial score (nSPS) is 39.4. The van der Waals surface area contributed by atoms with Gasteiger partial charge < -0.3 is 49.4 Å². The third-order valence-corrected chi connectivity index (χ3v) is 44.1. The maximum absolute atomic E-state index is 6.64. The SMILES string of the molecule is C[SiH]1O[SiH](C)O[Si](C)(O[Si](C)(C)O[Si](C)(C)O[Si](C)(C)O[Si]2(C)O[SiH](C)O[SiH](C)O[SiH](C)O2)O[SiH](C)O1. The third-order valence-electron chi connectivity index (χ3n) is 4.90. The van der Waals surface area contributed by atoms with Gasteiger partial charge in [-0.05, 0) is 78.6 Å². The van der Waals surface area contributed by atoms with Crippen LogP contribution in [0.25, 0.3) is 0 Å². The molecule has 0 spiro atoms. The van der Waals surface area contributed by atoms with Crippen LogP contribution in [0.5, 0.6) is 0 Å². The molecular weight excluding hydrogens is 669 g/mol. The molecule has 23 heteroatoms. The van der Waals surface area contributed by atoms with E-state index in [0.29, 0.717) is 0 Å². The maximum Gasteiger partial charge on any atom is 0.470 e. The van der Waals surface area contributed by atoms with Crippen molar-refractivity contribution in [3.05, 3.63) is 0 Å². The van der Waals surface area contributed by atoms with Crippen molar-refractivity contribution in [3.63, 3.8) is 0 Å². The molecule has 2 rings (SSSR count). The standard InChI is InChI=1S/C14H48O12Si11/c1-27-15-29(3)19-36(13,20-30(4)16-27)25-34(9,10)23-33(7,8)24-35(11,12)26-37(14)21-31(5)17-28(2)18-32(6)22-37/h27-32H,1-14H3. The summed E-state index contributed by atoms with van der Waals surface area (Å²) in [4.78, 5) is 0. The molecule has 2 aliphatic heterocycles. The van der Waals surface area contributed by atoms with Gasteiger partial charge in [0.1, 0.15) is 0 Å². The second kappa shape index (κ2) is 13.5. The highest BCUT2D eigenvalue weighted by molar-refractivity contribution is 6.90. The van der Waals surface area contributed by atoms with Gasteiger partial charge in [-0.3, -0.25) is 0 Å². The Morgan fingerprint density at radius 3 is 0.919 bits per heavy atom. The average Bonchev–Trinajstić information content (AvgIpc) is 2.52. The quantitative estimate of drug-likeness (QED) is 0.340. The van der Waals surface area contributed by atoms with Crippen LogP contribution >= 0.6 is 0 Å². The zero-order chi connectivity index (χ0) is 28.4. The molecule has 0 amide bonds. The fourth-order valence-corrected chi connectivity index (χ4v) is 49.8. The summed E-state index contributed by atoms with van der Waals surface area (Å²) >= 11 is 0. The Hall–Kier alpha value is 1.91. The molecule has 220 valence electrons. The number of rotatable bonds is 8. The van der Waals surface area contributed by atoms with E-state index in [0.717, 1.165) is 0 Å². The van der Waals surface area contributed by atoms with E-state index in [1.165, 1.54) is 0 Å². The highest BCUT2D eigenvalue weighted by Gasteiger charge is 2.52. The summed E-state index contributed by atoms with van der Waals surface area (Å²) in [5.74, 6) is 0. The van der Waals surface area contributed by atoms with Gasteiger partial charge in [-0.15, -0.1) is 0 Å². The second-order valence-corrected chi connectivity index (χ2v) is 40.8. The number of hydrogen-bond donors (Lipinski definition) is 0. The predicted molar refractivity (Wildman–Crippen MR) is 167 cm³/mol. The smallest absolute Gasteiger partial charge is 0.420 e. The minimum atomic E-state index is -3.02. The summed E-state index contributed by atoms with van der Waals surface area (Å²) in [6, 6.07) is 0. The molecule has 12 nitrogen and oxygen atoms in total. The van der Waals surface area contributed by atoms with E-state index in [-0.39, 0.29) is 0 Å². The fourth-order valence-electron chi connectivity index (χ4n) is 4.75. The molecule has 0 bridgehead atoms. The first kappa shape index (κ1) is 35.1. The van der Waals surface area contributed by atoms with E-state index in [2.05, 4.69) is 0 Å². The van der Waals surface area contributed by atoms with Crippen LogP contribution in [-0.2, 0) is 49.4 Å². The van der Waals surface area contributed by atoms with E-state index in [1.54, 1.807) is 0 Å². The first-order valence-corrected chi connectivity index (χ1v) is 38.2. The van der Waals surface area contributed by atoms with Crippen molar-refractivity contribution in [3.8, 4) is 0 Å². The van der Waals surface area contributed by atoms with Crippen LogP contribution in [0.2, 0.25) is 91.7 Å². The number of hydrogen-bond acceptors (Lipinski definition) is 12. The van der Waals surface area contributed by atoms with E-state index < -0.39 is 99.0 Å². The minimum Gasteiger partial charge on any atom is -0.420 e. The molecule has 0 aliphatic carbocycles. The molecule has 0 saturated carbocycles. The lowest BCUT2D eigenvalue weighted by atomic mass is 11.9. The van der Waals surface area contributed by atoms with Crippen LogP contribution in [0.3, 0.4) is 0 Å². The predicted octanol–water partition coefficient (Wildman–Crippen LogP) is 1.56. The van der Waals surface area contributed by atoms with Crippen LogP contribution in [0.15, 0.2) is 0 Å². The van der Waals surface area contributed by atoms with Gasteiger partial charge in [0.25, 0.3) is 18.6 Å². The zero-order valence-corrected chi connectivity index (χ0v) is 36.8. The molecule has 0 aromatic heterocycles. The minimum absolute atomic E-state index is 1.72. The monoisotopic (exact) mass is 716 g/mol. The van der Waals surface area contributed by atoms with Crippen molar-refractivity contribution >= 4 is 99.0 Å². The Morgan fingerprint density at radius 2 is 0.676 bits per heavy atom. The van der Waals surface area contributed by atoms with Gasteiger partial charge >= 0.3 is 80.4 Å². The van der Waals surface area contributed by atoms with Crippen LogP contribution in [0, 0.1) is 0 Å². The highest BCUT2D eigenvalue weighted by atomic mass is 28.5. The zero-order valence-electron chi connectivity index (χ0n) is 24.9. The first-order valence-electron chi connectivity index (χ1n) is 12.7. The lowest BCUT2D eigenvalue weighted by molar-refractivity contribution is 0.185. The van der Waals surface area contributed by atoms with Crippen molar-refractivity contribution in [1.29, 1.82) is 0 Å². The molecule has 2 saturated heterocycles. The molecule has 0 radical (unpaired) electrons. The summed E-state index contributed by atoms with van der Waals surface area (Å²) in [5, 5.41) is 0. The summed E-state index contributed by atoms with van der Waals surface area (Å²) in [7, 11) is -25.4. The van der Waals surface area contributed by atoms with Crippen molar-refractivity contribution in [2.24, 2.45) is 0 Å². The van der Waals surface area contributed by atoms with Gasteiger partial charge in [0.05, 0.1) is 0 Å². The molecule has 2 fully saturated rings. The van der Waals surface area contributed by atoms with Crippen LogP contribution in [-0.4, -0.2) is 99.0 Å². The lowest BCUT2D eigenvalue weighted by Crippen LogP contribution is -2.64. The summed E-state index contributed by atoms with van der Waals surface area (Å²) in [6.07, 6.45) is 0. The summed E-state index contributed by atoms with van der Waals surface area (Å²) in [5.41, 5.74) is 0. The Bertz CT molecular complexity index is 665. The molecule has 0 aromatic rings. The van der Waals surface area contributed by atoms with Gasteiger partial charge in [0.15, 0.2) is 0 Å². The van der Waals surface area contributed by atoms with Crippen molar-refractivity contribution in [2.45, 2.75) is 91.7 Å². The Morgan fingerprint density at radius 1 is 0.432 bits per heavy atom. The molecule has 4 unspecified atom stereocenters. The van der Waals surface area contributed by atoms with E-state index in [9.17, 15) is 0 Å². The van der Waals surface area contributed by atoms with Crippen LogP contribution < -0.4 is 0 Å².